The normalized spacial score (nSPS) is 19.7. The first-order valence-electron chi connectivity index (χ1n) is 6.03. The minimum Gasteiger partial charge on any atom is -0.506 e. The van der Waals surface area contributed by atoms with Gasteiger partial charge >= 0.3 is 0 Å². The first-order valence-corrected chi connectivity index (χ1v) is 6.03. The van der Waals surface area contributed by atoms with Crippen LogP contribution in [-0.2, 0) is 4.79 Å². The summed E-state index contributed by atoms with van der Waals surface area (Å²) in [4.78, 5) is 16.1. The van der Waals surface area contributed by atoms with Crippen molar-refractivity contribution < 1.29 is 9.90 Å². The van der Waals surface area contributed by atoms with Crippen LogP contribution in [0.15, 0.2) is 28.6 Å². The Bertz CT molecular complexity index is 443. The van der Waals surface area contributed by atoms with Crippen molar-refractivity contribution in [1.29, 1.82) is 0 Å². The molecule has 18 heavy (non-hydrogen) atoms. The smallest absolute Gasteiger partial charge is 0.207 e. The number of hydrogen-bond acceptors (Lipinski definition) is 4. The molecule has 0 aromatic carbocycles. The molecule has 100 valence electrons. The first kappa shape index (κ1) is 14.5. The van der Waals surface area contributed by atoms with Gasteiger partial charge in [0.1, 0.15) is 11.5 Å². The van der Waals surface area contributed by atoms with Crippen LogP contribution in [0.25, 0.3) is 0 Å². The molecule has 0 unspecified atom stereocenters. The Morgan fingerprint density at radius 2 is 1.67 bits per heavy atom. The van der Waals surface area contributed by atoms with Crippen molar-refractivity contribution in [3.05, 3.63) is 23.6 Å². The van der Waals surface area contributed by atoms with Gasteiger partial charge in [-0.3, -0.25) is 9.79 Å². The molecule has 0 heterocycles. The highest BCUT2D eigenvalue weighted by Gasteiger charge is 2.23. The van der Waals surface area contributed by atoms with Crippen molar-refractivity contribution in [1.82, 2.24) is 5.32 Å². The van der Waals surface area contributed by atoms with Gasteiger partial charge in [0.15, 0.2) is 0 Å². The lowest BCUT2D eigenvalue weighted by molar-refractivity contribution is -0.109. The summed E-state index contributed by atoms with van der Waals surface area (Å²) in [5.74, 6) is -0.301. The van der Waals surface area contributed by atoms with E-state index in [0.29, 0.717) is 11.4 Å². The number of allylic oxidation sites excluding steroid dienone is 2. The molecule has 0 aromatic rings. The first-order chi connectivity index (χ1) is 7.98. The summed E-state index contributed by atoms with van der Waals surface area (Å²) in [6, 6.07) is 0. The third-order valence-electron chi connectivity index (χ3n) is 2.04. The van der Waals surface area contributed by atoms with Crippen LogP contribution in [0, 0.1) is 0 Å². The van der Waals surface area contributed by atoms with Gasteiger partial charge in [-0.15, -0.1) is 0 Å². The molecule has 0 bridgehead atoms. The standard InChI is InChI=1S/C14H22N2O2/c1-13(2,3)15-9-7-10(16-14(4,5)6)12(18)8-11(9)17/h7-8,15,17H,1-6H3. The molecule has 4 heteroatoms. The number of rotatable bonds is 1. The van der Waals surface area contributed by atoms with Gasteiger partial charge in [0.05, 0.1) is 11.2 Å². The molecule has 2 N–H and O–H groups in total. The number of hydrogen-bond donors (Lipinski definition) is 2. The number of aliphatic imine (C=N–C) groups is 1. The van der Waals surface area contributed by atoms with Gasteiger partial charge < -0.3 is 10.4 Å². The van der Waals surface area contributed by atoms with Crippen LogP contribution in [0.3, 0.4) is 0 Å². The van der Waals surface area contributed by atoms with Crippen LogP contribution in [0.1, 0.15) is 41.5 Å². The second-order valence-corrected chi connectivity index (χ2v) is 6.49. The summed E-state index contributed by atoms with van der Waals surface area (Å²) in [5, 5.41) is 12.9. The highest BCUT2D eigenvalue weighted by Crippen LogP contribution is 2.17. The van der Waals surface area contributed by atoms with E-state index in [9.17, 15) is 9.90 Å². The lowest BCUT2D eigenvalue weighted by atomic mass is 10.0. The zero-order chi connectivity index (χ0) is 14.1. The number of carbonyl (C=O) groups excluding carboxylic acids is 1. The Kier molecular flexibility index (Phi) is 3.70. The molecule has 0 saturated carbocycles. The third kappa shape index (κ3) is 4.35. The maximum absolute atomic E-state index is 11.8. The van der Waals surface area contributed by atoms with Gasteiger partial charge in [-0.2, -0.15) is 0 Å². The second-order valence-electron chi connectivity index (χ2n) is 6.49. The van der Waals surface area contributed by atoms with E-state index < -0.39 is 0 Å². The number of carbonyl (C=O) groups is 1. The predicted octanol–water partition coefficient (Wildman–Crippen LogP) is 2.52. The molecule has 0 spiro atoms. The van der Waals surface area contributed by atoms with Crippen LogP contribution in [0.4, 0.5) is 0 Å². The summed E-state index contributed by atoms with van der Waals surface area (Å²) >= 11 is 0. The summed E-state index contributed by atoms with van der Waals surface area (Å²) < 4.78 is 0. The maximum atomic E-state index is 11.8. The molecule has 4 nitrogen and oxygen atoms in total. The Balaban J connectivity index is 3.11. The largest absolute Gasteiger partial charge is 0.506 e. The molecule has 1 rings (SSSR count). The van der Waals surface area contributed by atoms with Gasteiger partial charge in [0.2, 0.25) is 5.78 Å². The minimum absolute atomic E-state index is 0.0391. The molecule has 0 amide bonds. The topological polar surface area (TPSA) is 61.7 Å². The van der Waals surface area contributed by atoms with Gasteiger partial charge in [0.25, 0.3) is 0 Å². The maximum Gasteiger partial charge on any atom is 0.207 e. The zero-order valence-corrected chi connectivity index (χ0v) is 12.0. The lowest BCUT2D eigenvalue weighted by Crippen LogP contribution is -2.37. The van der Waals surface area contributed by atoms with E-state index in [2.05, 4.69) is 10.3 Å². The molecule has 0 aromatic heterocycles. The highest BCUT2D eigenvalue weighted by atomic mass is 16.3. The molecule has 1 aliphatic rings. The van der Waals surface area contributed by atoms with E-state index in [-0.39, 0.29) is 22.6 Å². The Labute approximate surface area is 108 Å². The number of aliphatic hydroxyl groups excluding tert-OH is 1. The number of ketones is 1. The Morgan fingerprint density at radius 3 is 2.11 bits per heavy atom. The predicted molar refractivity (Wildman–Crippen MR) is 73.9 cm³/mol. The second kappa shape index (κ2) is 4.59. The molecular formula is C14H22N2O2. The summed E-state index contributed by atoms with van der Waals surface area (Å²) in [6.45, 7) is 11.7. The minimum atomic E-state index is -0.324. The summed E-state index contributed by atoms with van der Waals surface area (Å²) in [6.07, 6.45) is 2.81. The van der Waals surface area contributed by atoms with Crippen LogP contribution in [0.2, 0.25) is 0 Å². The fourth-order valence-corrected chi connectivity index (χ4v) is 1.51. The van der Waals surface area contributed by atoms with Gasteiger partial charge in [-0.25, -0.2) is 0 Å². The zero-order valence-electron chi connectivity index (χ0n) is 12.0. The molecule has 0 atom stereocenters. The van der Waals surface area contributed by atoms with Crippen molar-refractivity contribution >= 4 is 11.5 Å². The van der Waals surface area contributed by atoms with Crippen LogP contribution in [0.5, 0.6) is 0 Å². The van der Waals surface area contributed by atoms with E-state index >= 15 is 0 Å². The quantitative estimate of drug-likeness (QED) is 0.703. The fraction of sp³-hybridized carbons (Fsp3) is 0.571. The van der Waals surface area contributed by atoms with E-state index in [4.69, 9.17) is 0 Å². The van der Waals surface area contributed by atoms with Crippen molar-refractivity contribution in [3.63, 3.8) is 0 Å². The summed E-state index contributed by atoms with van der Waals surface area (Å²) in [7, 11) is 0. The van der Waals surface area contributed by atoms with E-state index in [0.717, 1.165) is 0 Å². The Morgan fingerprint density at radius 1 is 1.11 bits per heavy atom. The number of nitrogens with zero attached hydrogens (tertiary/aromatic N) is 1. The molecule has 1 aliphatic carbocycles. The van der Waals surface area contributed by atoms with E-state index in [1.54, 1.807) is 6.08 Å². The van der Waals surface area contributed by atoms with Crippen LogP contribution >= 0.6 is 0 Å². The molecule has 0 aliphatic heterocycles. The lowest BCUT2D eigenvalue weighted by Gasteiger charge is -2.25. The average Bonchev–Trinajstić information content (AvgIpc) is 2.08. The van der Waals surface area contributed by atoms with Gasteiger partial charge in [0, 0.05) is 11.6 Å². The van der Waals surface area contributed by atoms with Crippen molar-refractivity contribution in [3.8, 4) is 0 Å². The molecule has 0 radical (unpaired) electrons. The van der Waals surface area contributed by atoms with E-state index in [1.165, 1.54) is 6.08 Å². The molecule has 0 saturated heterocycles. The number of aliphatic hydroxyl groups is 1. The SMILES string of the molecule is CC(C)(C)N=C1C=C(NC(C)(C)C)C(O)=CC1=O. The van der Waals surface area contributed by atoms with Crippen LogP contribution < -0.4 is 5.32 Å². The Hall–Kier alpha value is -1.58. The molecule has 0 fully saturated rings. The monoisotopic (exact) mass is 250 g/mol. The highest BCUT2D eigenvalue weighted by molar-refractivity contribution is 6.49. The van der Waals surface area contributed by atoms with Gasteiger partial charge in [-0.1, -0.05) is 0 Å². The summed E-state index contributed by atoms with van der Waals surface area (Å²) in [5.41, 5.74) is 0.382. The van der Waals surface area contributed by atoms with E-state index in [1.807, 2.05) is 41.5 Å². The van der Waals surface area contributed by atoms with Crippen molar-refractivity contribution in [2.75, 3.05) is 0 Å². The molecular weight excluding hydrogens is 228 g/mol. The van der Waals surface area contributed by atoms with Crippen LogP contribution in [-0.4, -0.2) is 27.7 Å². The average molecular weight is 250 g/mol. The third-order valence-corrected chi connectivity index (χ3v) is 2.04. The fourth-order valence-electron chi connectivity index (χ4n) is 1.51. The van der Waals surface area contributed by atoms with Crippen molar-refractivity contribution in [2.24, 2.45) is 4.99 Å². The van der Waals surface area contributed by atoms with Crippen molar-refractivity contribution in [2.45, 2.75) is 52.6 Å². The van der Waals surface area contributed by atoms with Gasteiger partial charge in [-0.05, 0) is 47.6 Å². The number of nitrogens with one attached hydrogen (secondary N) is 1.